The number of nitrogens with zero attached hydrogens (tertiary/aromatic N) is 2. The number of carbonyl (C=O) groups excluding carboxylic acids is 1. The predicted octanol–water partition coefficient (Wildman–Crippen LogP) is 2.08. The molecule has 0 aliphatic heterocycles. The van der Waals surface area contributed by atoms with Crippen LogP contribution in [0, 0.1) is 23.7 Å². The second-order valence-corrected chi connectivity index (χ2v) is 4.65. The van der Waals surface area contributed by atoms with Gasteiger partial charge in [0.05, 0.1) is 11.8 Å². The van der Waals surface area contributed by atoms with E-state index in [0.29, 0.717) is 18.0 Å². The highest BCUT2D eigenvalue weighted by molar-refractivity contribution is 7.13. The van der Waals surface area contributed by atoms with Gasteiger partial charge in [-0.3, -0.25) is 4.79 Å². The molecular weight excluding hydrogens is 210 g/mol. The Labute approximate surface area is 91.9 Å². The highest BCUT2D eigenvalue weighted by atomic mass is 32.1. The molecule has 0 aromatic carbocycles. The van der Waals surface area contributed by atoms with Gasteiger partial charge in [0.25, 0.3) is 0 Å². The SMILES string of the molecule is Cc1csc(NC(=O)C2(C#N)CCC2)n1. The summed E-state index contributed by atoms with van der Waals surface area (Å²) in [7, 11) is 0. The summed E-state index contributed by atoms with van der Waals surface area (Å²) in [5.74, 6) is -0.203. The lowest BCUT2D eigenvalue weighted by atomic mass is 9.69. The number of aryl methyl sites for hydroxylation is 1. The lowest BCUT2D eigenvalue weighted by Crippen LogP contribution is -2.40. The molecular formula is C10H11N3OS. The van der Waals surface area contributed by atoms with Crippen LogP contribution in [0.2, 0.25) is 0 Å². The van der Waals surface area contributed by atoms with Crippen molar-refractivity contribution in [2.75, 3.05) is 5.32 Å². The summed E-state index contributed by atoms with van der Waals surface area (Å²) < 4.78 is 0. The van der Waals surface area contributed by atoms with Crippen LogP contribution in [0.3, 0.4) is 0 Å². The van der Waals surface area contributed by atoms with Gasteiger partial charge in [0.15, 0.2) is 5.13 Å². The summed E-state index contributed by atoms with van der Waals surface area (Å²) in [6, 6.07) is 2.11. The van der Waals surface area contributed by atoms with Crippen LogP contribution in [0.5, 0.6) is 0 Å². The lowest BCUT2D eigenvalue weighted by molar-refractivity contribution is -0.126. The standard InChI is InChI=1S/C10H11N3OS/c1-7-5-15-9(12-7)13-8(14)10(6-11)3-2-4-10/h5H,2-4H2,1H3,(H,12,13,14). The van der Waals surface area contributed by atoms with Gasteiger partial charge in [0.1, 0.15) is 5.41 Å². The molecule has 1 fully saturated rings. The van der Waals surface area contributed by atoms with Crippen molar-refractivity contribution >= 4 is 22.4 Å². The summed E-state index contributed by atoms with van der Waals surface area (Å²) >= 11 is 1.39. The molecule has 78 valence electrons. The molecule has 1 aliphatic rings. The minimum Gasteiger partial charge on any atom is -0.301 e. The maximum Gasteiger partial charge on any atom is 0.246 e. The summed E-state index contributed by atoms with van der Waals surface area (Å²) in [5, 5.41) is 14.1. The fraction of sp³-hybridized carbons (Fsp3) is 0.500. The molecule has 0 bridgehead atoms. The van der Waals surface area contributed by atoms with E-state index in [1.54, 1.807) is 0 Å². The van der Waals surface area contributed by atoms with E-state index >= 15 is 0 Å². The Morgan fingerprint density at radius 3 is 2.87 bits per heavy atom. The van der Waals surface area contributed by atoms with E-state index in [1.807, 2.05) is 12.3 Å². The van der Waals surface area contributed by atoms with Gasteiger partial charge in [-0.1, -0.05) is 0 Å². The van der Waals surface area contributed by atoms with E-state index in [1.165, 1.54) is 11.3 Å². The first kappa shape index (κ1) is 10.1. The van der Waals surface area contributed by atoms with Gasteiger partial charge >= 0.3 is 0 Å². The topological polar surface area (TPSA) is 65.8 Å². The Bertz CT molecular complexity index is 428. The molecule has 1 aliphatic carbocycles. The van der Waals surface area contributed by atoms with Crippen molar-refractivity contribution in [3.05, 3.63) is 11.1 Å². The quantitative estimate of drug-likeness (QED) is 0.831. The molecule has 15 heavy (non-hydrogen) atoms. The number of hydrogen-bond acceptors (Lipinski definition) is 4. The van der Waals surface area contributed by atoms with Crippen LogP contribution in [-0.2, 0) is 4.79 Å². The Hall–Kier alpha value is -1.41. The first-order valence-electron chi connectivity index (χ1n) is 4.81. The second-order valence-electron chi connectivity index (χ2n) is 3.80. The van der Waals surface area contributed by atoms with Gasteiger partial charge in [-0.25, -0.2) is 4.98 Å². The predicted molar refractivity (Wildman–Crippen MR) is 57.4 cm³/mol. The zero-order valence-corrected chi connectivity index (χ0v) is 9.23. The third-order valence-corrected chi connectivity index (χ3v) is 3.57. The van der Waals surface area contributed by atoms with E-state index in [2.05, 4.69) is 16.4 Å². The molecule has 1 heterocycles. The van der Waals surface area contributed by atoms with Gasteiger partial charge in [-0.2, -0.15) is 5.26 Å². The molecule has 0 atom stereocenters. The van der Waals surface area contributed by atoms with Crippen molar-refractivity contribution in [3.8, 4) is 6.07 Å². The van der Waals surface area contributed by atoms with E-state index in [4.69, 9.17) is 5.26 Å². The summed E-state index contributed by atoms with van der Waals surface area (Å²) in [6.45, 7) is 1.87. The zero-order chi connectivity index (χ0) is 10.9. The van der Waals surface area contributed by atoms with Gasteiger partial charge in [-0.15, -0.1) is 11.3 Å². The minimum atomic E-state index is -0.792. The van der Waals surface area contributed by atoms with E-state index in [-0.39, 0.29) is 5.91 Å². The third-order valence-electron chi connectivity index (χ3n) is 2.70. The van der Waals surface area contributed by atoms with Crippen LogP contribution in [-0.4, -0.2) is 10.9 Å². The van der Waals surface area contributed by atoms with Crippen LogP contribution >= 0.6 is 11.3 Å². The number of carbonyl (C=O) groups is 1. The number of anilines is 1. The van der Waals surface area contributed by atoms with Crippen molar-refractivity contribution in [2.45, 2.75) is 26.2 Å². The Balaban J connectivity index is 2.07. The normalized spacial score (nSPS) is 17.6. The first-order chi connectivity index (χ1) is 7.16. The van der Waals surface area contributed by atoms with Crippen LogP contribution in [0.4, 0.5) is 5.13 Å². The summed E-state index contributed by atoms with van der Waals surface area (Å²) in [6.07, 6.45) is 2.29. The van der Waals surface area contributed by atoms with E-state index < -0.39 is 5.41 Å². The minimum absolute atomic E-state index is 0.203. The third kappa shape index (κ3) is 1.73. The maximum atomic E-state index is 11.8. The molecule has 1 aromatic heterocycles. The van der Waals surface area contributed by atoms with Crippen molar-refractivity contribution in [1.82, 2.24) is 4.98 Å². The highest BCUT2D eigenvalue weighted by Gasteiger charge is 2.44. The van der Waals surface area contributed by atoms with Crippen molar-refractivity contribution in [2.24, 2.45) is 5.41 Å². The molecule has 0 unspecified atom stereocenters. The fourth-order valence-electron chi connectivity index (χ4n) is 1.55. The number of amides is 1. The largest absolute Gasteiger partial charge is 0.301 e. The molecule has 5 heteroatoms. The number of rotatable bonds is 2. The summed E-state index contributed by atoms with van der Waals surface area (Å²) in [4.78, 5) is 15.9. The van der Waals surface area contributed by atoms with Crippen LogP contribution in [0.1, 0.15) is 25.0 Å². The van der Waals surface area contributed by atoms with Crippen molar-refractivity contribution in [1.29, 1.82) is 5.26 Å². The second kappa shape index (κ2) is 3.63. The molecule has 2 rings (SSSR count). The molecule has 1 aromatic rings. The smallest absolute Gasteiger partial charge is 0.246 e. The van der Waals surface area contributed by atoms with Crippen LogP contribution < -0.4 is 5.32 Å². The van der Waals surface area contributed by atoms with Crippen LogP contribution in [0.15, 0.2) is 5.38 Å². The van der Waals surface area contributed by atoms with E-state index in [9.17, 15) is 4.79 Å². The van der Waals surface area contributed by atoms with Crippen molar-refractivity contribution < 1.29 is 4.79 Å². The lowest BCUT2D eigenvalue weighted by Gasteiger charge is -2.32. The van der Waals surface area contributed by atoms with Crippen molar-refractivity contribution in [3.63, 3.8) is 0 Å². The maximum absolute atomic E-state index is 11.8. The van der Waals surface area contributed by atoms with Gasteiger partial charge in [-0.05, 0) is 26.2 Å². The Morgan fingerprint density at radius 2 is 2.47 bits per heavy atom. The number of hydrogen-bond donors (Lipinski definition) is 1. The Kier molecular flexibility index (Phi) is 2.45. The van der Waals surface area contributed by atoms with Crippen LogP contribution in [0.25, 0.3) is 0 Å². The number of nitriles is 1. The Morgan fingerprint density at radius 1 is 1.73 bits per heavy atom. The average Bonchev–Trinajstić information content (AvgIpc) is 2.50. The number of aromatic nitrogens is 1. The molecule has 0 saturated heterocycles. The first-order valence-corrected chi connectivity index (χ1v) is 5.69. The summed E-state index contributed by atoms with van der Waals surface area (Å²) in [5.41, 5.74) is 0.0921. The van der Waals surface area contributed by atoms with E-state index in [0.717, 1.165) is 12.1 Å². The molecule has 1 N–H and O–H groups in total. The van der Waals surface area contributed by atoms with Gasteiger partial charge < -0.3 is 5.32 Å². The fourth-order valence-corrected chi connectivity index (χ4v) is 2.23. The molecule has 4 nitrogen and oxygen atoms in total. The molecule has 0 radical (unpaired) electrons. The number of thiazole rings is 1. The highest BCUT2D eigenvalue weighted by Crippen LogP contribution is 2.41. The van der Waals surface area contributed by atoms with Gasteiger partial charge in [0.2, 0.25) is 5.91 Å². The molecule has 1 saturated carbocycles. The zero-order valence-electron chi connectivity index (χ0n) is 8.41. The molecule has 0 spiro atoms. The van der Waals surface area contributed by atoms with Gasteiger partial charge in [0, 0.05) is 5.38 Å². The monoisotopic (exact) mass is 221 g/mol. The number of nitrogens with one attached hydrogen (secondary N) is 1. The average molecular weight is 221 g/mol. The molecule has 1 amide bonds.